The number of hydrogen-bond acceptors (Lipinski definition) is 6. The molecule has 1 aliphatic heterocycles. The molecule has 26 heavy (non-hydrogen) atoms. The van der Waals surface area contributed by atoms with Crippen molar-refractivity contribution in [2.24, 2.45) is 0 Å². The van der Waals surface area contributed by atoms with Crippen LogP contribution in [-0.4, -0.2) is 35.0 Å². The number of rotatable bonds is 4. The smallest absolute Gasteiger partial charge is 0.348 e. The van der Waals surface area contributed by atoms with Crippen molar-refractivity contribution in [2.75, 3.05) is 18.4 Å². The second-order valence-electron chi connectivity index (χ2n) is 5.99. The summed E-state index contributed by atoms with van der Waals surface area (Å²) in [7, 11) is 0. The number of carbonyl (C=O) groups excluding carboxylic acids is 1. The van der Waals surface area contributed by atoms with E-state index in [0.717, 1.165) is 29.7 Å². The standard InChI is InChI=1S/C18H16N6OS/c1-19-13-3-2-4-14-16(13)26-18(23-14)24-15-9-11(5-8-21-15)17(25)22-12-6-7-20-10-12/h1-5,8-9,12,20H,6-7,10H2,(H-,21,22,23,24,25)/p+1. The maximum absolute atomic E-state index is 12.4. The number of hydrogen-bond donors (Lipinski definition) is 3. The van der Waals surface area contributed by atoms with Crippen molar-refractivity contribution in [3.63, 3.8) is 0 Å². The summed E-state index contributed by atoms with van der Waals surface area (Å²) in [6, 6.07) is 9.20. The van der Waals surface area contributed by atoms with Crippen LogP contribution < -0.4 is 16.0 Å². The molecule has 1 atom stereocenters. The van der Waals surface area contributed by atoms with E-state index in [1.165, 1.54) is 11.3 Å². The van der Waals surface area contributed by atoms with E-state index in [2.05, 4.69) is 30.8 Å². The third-order valence-electron chi connectivity index (χ3n) is 4.19. The van der Waals surface area contributed by atoms with Crippen LogP contribution in [0.2, 0.25) is 0 Å². The largest absolute Gasteiger partial charge is 0.359 e. The van der Waals surface area contributed by atoms with Gasteiger partial charge in [-0.05, 0) is 36.0 Å². The number of carbonyl (C=O) groups is 1. The molecular formula is C18H17N6OS+. The summed E-state index contributed by atoms with van der Waals surface area (Å²) in [6.45, 7) is 7.16. The Bertz CT molecular complexity index is 1000. The molecule has 1 fully saturated rings. The molecule has 1 saturated heterocycles. The summed E-state index contributed by atoms with van der Waals surface area (Å²) in [5.41, 5.74) is 2.07. The molecule has 1 amide bonds. The first-order chi connectivity index (χ1) is 12.7. The van der Waals surface area contributed by atoms with E-state index in [4.69, 9.17) is 6.57 Å². The highest BCUT2D eigenvalue weighted by Crippen LogP contribution is 2.34. The van der Waals surface area contributed by atoms with Gasteiger partial charge in [-0.3, -0.25) is 4.79 Å². The first-order valence-corrected chi connectivity index (χ1v) is 9.10. The maximum Gasteiger partial charge on any atom is 0.359 e. The second kappa shape index (κ2) is 7.07. The number of anilines is 2. The van der Waals surface area contributed by atoms with Gasteiger partial charge in [-0.2, -0.15) is 0 Å². The monoisotopic (exact) mass is 365 g/mol. The zero-order chi connectivity index (χ0) is 17.9. The molecule has 1 aromatic carbocycles. The predicted molar refractivity (Wildman–Crippen MR) is 104 cm³/mol. The normalized spacial score (nSPS) is 16.3. The molecule has 0 radical (unpaired) electrons. The van der Waals surface area contributed by atoms with Crippen LogP contribution in [0.5, 0.6) is 0 Å². The lowest BCUT2D eigenvalue weighted by Gasteiger charge is -2.11. The number of aromatic nitrogens is 2. The maximum atomic E-state index is 12.4. The Morgan fingerprint density at radius 3 is 3.12 bits per heavy atom. The zero-order valence-corrected chi connectivity index (χ0v) is 14.7. The first kappa shape index (κ1) is 16.4. The lowest BCUT2D eigenvalue weighted by molar-refractivity contribution is 0.0940. The van der Waals surface area contributed by atoms with Gasteiger partial charge in [0, 0.05) is 30.4 Å². The van der Waals surface area contributed by atoms with Gasteiger partial charge in [0.25, 0.3) is 12.5 Å². The van der Waals surface area contributed by atoms with Gasteiger partial charge in [0.2, 0.25) is 0 Å². The molecule has 8 heteroatoms. The van der Waals surface area contributed by atoms with Crippen molar-refractivity contribution in [3.8, 4) is 6.57 Å². The highest BCUT2D eigenvalue weighted by Gasteiger charge is 2.18. The quantitative estimate of drug-likeness (QED) is 0.662. The van der Waals surface area contributed by atoms with Crippen molar-refractivity contribution >= 4 is 44.1 Å². The zero-order valence-electron chi connectivity index (χ0n) is 13.9. The Morgan fingerprint density at radius 1 is 1.38 bits per heavy atom. The Kier molecular flexibility index (Phi) is 4.48. The molecular weight excluding hydrogens is 348 g/mol. The fraction of sp³-hybridized carbons (Fsp3) is 0.222. The van der Waals surface area contributed by atoms with E-state index in [1.54, 1.807) is 18.3 Å². The van der Waals surface area contributed by atoms with Crippen molar-refractivity contribution in [2.45, 2.75) is 12.5 Å². The SMILES string of the molecule is C#[N+]c1cccc2nc(Nc3cc(C(=O)NC4CCNC4)ccn3)sc12. The van der Waals surface area contributed by atoms with Crippen molar-refractivity contribution in [3.05, 3.63) is 46.9 Å². The molecule has 2 aromatic heterocycles. The van der Waals surface area contributed by atoms with E-state index in [0.29, 0.717) is 22.2 Å². The Balaban J connectivity index is 1.53. The van der Waals surface area contributed by atoms with Crippen LogP contribution >= 0.6 is 11.3 Å². The Morgan fingerprint density at radius 2 is 2.31 bits per heavy atom. The van der Waals surface area contributed by atoms with Crippen molar-refractivity contribution in [1.29, 1.82) is 0 Å². The van der Waals surface area contributed by atoms with Gasteiger partial charge in [-0.1, -0.05) is 17.4 Å². The third kappa shape index (κ3) is 3.35. The molecule has 3 aromatic rings. The number of pyridine rings is 1. The van der Waals surface area contributed by atoms with Gasteiger partial charge in [0.1, 0.15) is 10.5 Å². The third-order valence-corrected chi connectivity index (χ3v) is 5.20. The fourth-order valence-corrected chi connectivity index (χ4v) is 3.82. The average molecular weight is 365 g/mol. The number of benzene rings is 1. The van der Waals surface area contributed by atoms with Crippen LogP contribution in [0.15, 0.2) is 36.5 Å². The van der Waals surface area contributed by atoms with E-state index in [-0.39, 0.29) is 11.9 Å². The van der Waals surface area contributed by atoms with Crippen LogP contribution in [0.4, 0.5) is 16.6 Å². The molecule has 0 spiro atoms. The number of amides is 1. The van der Waals surface area contributed by atoms with Crippen LogP contribution in [0.1, 0.15) is 16.8 Å². The molecule has 1 unspecified atom stereocenters. The van der Waals surface area contributed by atoms with Gasteiger partial charge < -0.3 is 16.0 Å². The van der Waals surface area contributed by atoms with Gasteiger partial charge in [0.15, 0.2) is 5.13 Å². The van der Waals surface area contributed by atoms with Crippen LogP contribution in [0.25, 0.3) is 15.1 Å². The van der Waals surface area contributed by atoms with Crippen LogP contribution in [-0.2, 0) is 0 Å². The summed E-state index contributed by atoms with van der Waals surface area (Å²) in [5, 5.41) is 10.1. The topological polar surface area (TPSA) is 83.3 Å². The lowest BCUT2D eigenvalue weighted by Crippen LogP contribution is -2.36. The number of nitrogens with one attached hydrogen (secondary N) is 3. The van der Waals surface area contributed by atoms with Gasteiger partial charge in [0.05, 0.1) is 5.52 Å². The molecule has 0 bridgehead atoms. The molecule has 3 N–H and O–H groups in total. The molecule has 130 valence electrons. The highest BCUT2D eigenvalue weighted by molar-refractivity contribution is 7.22. The number of fused-ring (bicyclic) bond motifs is 1. The van der Waals surface area contributed by atoms with E-state index >= 15 is 0 Å². The molecule has 1 aliphatic rings. The molecule has 4 rings (SSSR count). The van der Waals surface area contributed by atoms with Gasteiger partial charge in [-0.25, -0.2) is 9.97 Å². The summed E-state index contributed by atoms with van der Waals surface area (Å²) < 4.78 is 0.903. The molecule has 0 aliphatic carbocycles. The minimum Gasteiger partial charge on any atom is -0.348 e. The summed E-state index contributed by atoms with van der Waals surface area (Å²) in [6.07, 6.45) is 2.56. The first-order valence-electron chi connectivity index (χ1n) is 8.28. The van der Waals surface area contributed by atoms with Crippen molar-refractivity contribution < 1.29 is 4.79 Å². The number of nitrogens with zero attached hydrogens (tertiary/aromatic N) is 3. The van der Waals surface area contributed by atoms with E-state index < -0.39 is 0 Å². The Labute approximate surface area is 154 Å². The van der Waals surface area contributed by atoms with Crippen LogP contribution in [0, 0.1) is 6.57 Å². The van der Waals surface area contributed by atoms with E-state index in [9.17, 15) is 4.79 Å². The summed E-state index contributed by atoms with van der Waals surface area (Å²) in [5.74, 6) is 0.463. The lowest BCUT2D eigenvalue weighted by atomic mass is 10.2. The molecule has 3 heterocycles. The van der Waals surface area contributed by atoms with Gasteiger partial charge in [-0.15, -0.1) is 0 Å². The molecule has 0 saturated carbocycles. The highest BCUT2D eigenvalue weighted by atomic mass is 32.1. The minimum absolute atomic E-state index is 0.0994. The van der Waals surface area contributed by atoms with E-state index in [1.807, 2.05) is 18.2 Å². The van der Waals surface area contributed by atoms with Crippen molar-refractivity contribution in [1.82, 2.24) is 20.6 Å². The van der Waals surface area contributed by atoms with Crippen LogP contribution in [0.3, 0.4) is 0 Å². The minimum atomic E-state index is -0.0994. The molecule has 7 nitrogen and oxygen atoms in total. The average Bonchev–Trinajstić information content (AvgIpc) is 3.30. The Hall–Kier alpha value is -3.02. The second-order valence-corrected chi connectivity index (χ2v) is 6.99. The van der Waals surface area contributed by atoms with Gasteiger partial charge >= 0.3 is 5.69 Å². The number of thiazole rings is 1. The summed E-state index contributed by atoms with van der Waals surface area (Å²) >= 11 is 1.44. The fourth-order valence-electron chi connectivity index (χ4n) is 2.89. The summed E-state index contributed by atoms with van der Waals surface area (Å²) in [4.78, 5) is 25.0. The predicted octanol–water partition coefficient (Wildman–Crippen LogP) is 3.12.